The molecule has 0 saturated carbocycles. The highest BCUT2D eigenvalue weighted by Crippen LogP contribution is 2.46. The van der Waals surface area contributed by atoms with Crippen LogP contribution in [-0.4, -0.2) is 36.8 Å². The number of hydrazone groups is 1. The summed E-state index contributed by atoms with van der Waals surface area (Å²) in [4.78, 5) is 10.9. The molecule has 0 bridgehead atoms. The molecular formula is C13H11F7N2O2. The number of hydrogen-bond donors (Lipinski definition) is 1. The molecule has 4 nitrogen and oxygen atoms in total. The second-order valence-electron chi connectivity index (χ2n) is 4.35. The first-order valence-electron chi connectivity index (χ1n) is 6.32. The number of amides is 1. The highest BCUT2D eigenvalue weighted by molar-refractivity contribution is 5.87. The van der Waals surface area contributed by atoms with Gasteiger partial charge in [-0.25, -0.2) is 5.43 Å². The van der Waals surface area contributed by atoms with Crippen molar-refractivity contribution in [3.05, 3.63) is 29.8 Å². The highest BCUT2D eigenvalue weighted by Gasteiger charge is 2.76. The summed E-state index contributed by atoms with van der Waals surface area (Å²) in [5.74, 6) is -14.9. The van der Waals surface area contributed by atoms with Crippen molar-refractivity contribution in [1.29, 1.82) is 0 Å². The molecular weight excluding hydrogens is 349 g/mol. The van der Waals surface area contributed by atoms with Crippen molar-refractivity contribution in [1.82, 2.24) is 5.43 Å². The van der Waals surface area contributed by atoms with Gasteiger partial charge in [-0.2, -0.15) is 35.8 Å². The van der Waals surface area contributed by atoms with Crippen LogP contribution < -0.4 is 10.2 Å². The van der Waals surface area contributed by atoms with Crippen LogP contribution in [0.4, 0.5) is 30.7 Å². The molecule has 0 aliphatic rings. The van der Waals surface area contributed by atoms with Gasteiger partial charge < -0.3 is 4.74 Å². The SMILES string of the molecule is CCOc1ccc(/C=N\NC(=O)C(F)(F)C(F)(F)C(F)(F)F)cc1. The van der Waals surface area contributed by atoms with Gasteiger partial charge in [-0.1, -0.05) is 0 Å². The molecule has 1 rings (SSSR count). The van der Waals surface area contributed by atoms with Crippen LogP contribution in [-0.2, 0) is 4.79 Å². The normalized spacial score (nSPS) is 13.2. The molecule has 1 aromatic rings. The number of hydrogen-bond acceptors (Lipinski definition) is 3. The summed E-state index contributed by atoms with van der Waals surface area (Å²) in [6, 6.07) is 5.73. The molecule has 0 spiro atoms. The van der Waals surface area contributed by atoms with Crippen LogP contribution in [0.2, 0.25) is 0 Å². The van der Waals surface area contributed by atoms with E-state index in [1.165, 1.54) is 24.3 Å². The van der Waals surface area contributed by atoms with Crippen molar-refractivity contribution in [2.45, 2.75) is 24.9 Å². The molecule has 11 heteroatoms. The van der Waals surface area contributed by atoms with E-state index < -0.39 is 23.9 Å². The lowest BCUT2D eigenvalue weighted by atomic mass is 10.1. The smallest absolute Gasteiger partial charge is 0.460 e. The first-order chi connectivity index (χ1) is 10.9. The summed E-state index contributed by atoms with van der Waals surface area (Å²) in [5.41, 5.74) is 1.21. The summed E-state index contributed by atoms with van der Waals surface area (Å²) in [5, 5.41) is 2.93. The summed E-state index contributed by atoms with van der Waals surface area (Å²) in [6.07, 6.45) is -5.80. The van der Waals surface area contributed by atoms with Gasteiger partial charge in [0.1, 0.15) is 5.75 Å². The Morgan fingerprint density at radius 3 is 2.12 bits per heavy atom. The van der Waals surface area contributed by atoms with Crippen molar-refractivity contribution in [2.24, 2.45) is 5.10 Å². The Hall–Kier alpha value is -2.33. The third-order valence-corrected chi connectivity index (χ3v) is 2.61. The molecule has 134 valence electrons. The van der Waals surface area contributed by atoms with Crippen LogP contribution in [0.1, 0.15) is 12.5 Å². The Morgan fingerprint density at radius 2 is 1.67 bits per heavy atom. The zero-order valence-electron chi connectivity index (χ0n) is 12.0. The van der Waals surface area contributed by atoms with Crippen molar-refractivity contribution in [3.8, 4) is 5.75 Å². The maximum Gasteiger partial charge on any atom is 0.460 e. The molecule has 1 aromatic carbocycles. The van der Waals surface area contributed by atoms with Gasteiger partial charge in [0.05, 0.1) is 12.8 Å². The van der Waals surface area contributed by atoms with E-state index in [9.17, 15) is 35.5 Å². The minimum absolute atomic E-state index is 0.254. The zero-order chi connectivity index (χ0) is 18.6. The van der Waals surface area contributed by atoms with E-state index in [2.05, 4.69) is 5.10 Å². The van der Waals surface area contributed by atoms with Gasteiger partial charge in [0.2, 0.25) is 0 Å². The Bertz CT molecular complexity index is 597. The fraction of sp³-hybridized carbons (Fsp3) is 0.385. The number of carbonyl (C=O) groups excluding carboxylic acids is 1. The number of nitrogens with zero attached hydrogens (tertiary/aromatic N) is 1. The van der Waals surface area contributed by atoms with E-state index in [0.29, 0.717) is 12.4 Å². The number of rotatable bonds is 6. The van der Waals surface area contributed by atoms with Crippen LogP contribution in [0, 0.1) is 0 Å². The molecule has 24 heavy (non-hydrogen) atoms. The molecule has 0 aliphatic carbocycles. The zero-order valence-corrected chi connectivity index (χ0v) is 12.0. The van der Waals surface area contributed by atoms with Gasteiger partial charge in [-0.05, 0) is 36.8 Å². The third-order valence-electron chi connectivity index (χ3n) is 2.61. The van der Waals surface area contributed by atoms with Crippen LogP contribution in [0.5, 0.6) is 5.75 Å². The molecule has 1 amide bonds. The van der Waals surface area contributed by atoms with E-state index in [4.69, 9.17) is 4.74 Å². The Balaban J connectivity index is 2.77. The Kier molecular flexibility index (Phi) is 5.80. The van der Waals surface area contributed by atoms with E-state index in [0.717, 1.165) is 11.6 Å². The first kappa shape index (κ1) is 19.7. The number of alkyl halides is 7. The molecule has 0 aliphatic heterocycles. The molecule has 0 fully saturated rings. The molecule has 0 unspecified atom stereocenters. The third kappa shape index (κ3) is 4.15. The second-order valence-corrected chi connectivity index (χ2v) is 4.35. The average molecular weight is 360 g/mol. The second kappa shape index (κ2) is 7.05. The van der Waals surface area contributed by atoms with Crippen molar-refractivity contribution < 1.29 is 40.3 Å². The summed E-state index contributed by atoms with van der Waals surface area (Å²) >= 11 is 0. The lowest BCUT2D eigenvalue weighted by Crippen LogP contribution is -2.58. The van der Waals surface area contributed by atoms with Gasteiger partial charge in [-0.15, -0.1) is 0 Å². The first-order valence-corrected chi connectivity index (χ1v) is 6.32. The Morgan fingerprint density at radius 1 is 1.12 bits per heavy atom. The fourth-order valence-electron chi connectivity index (χ4n) is 1.37. The standard InChI is InChI=1S/C13H11F7N2O2/c1-2-24-9-5-3-8(4-6-9)7-21-22-10(23)11(14,15)12(16,17)13(18,19)20/h3-7H,2H2,1H3,(H,22,23)/b21-7-. The monoisotopic (exact) mass is 360 g/mol. The van der Waals surface area contributed by atoms with Gasteiger partial charge >= 0.3 is 23.9 Å². The Labute approximate surface area is 131 Å². The number of carbonyl (C=O) groups is 1. The molecule has 0 atom stereocenters. The minimum Gasteiger partial charge on any atom is -0.494 e. The molecule has 0 radical (unpaired) electrons. The number of nitrogens with one attached hydrogen (secondary N) is 1. The highest BCUT2D eigenvalue weighted by atomic mass is 19.4. The predicted molar refractivity (Wildman–Crippen MR) is 69.3 cm³/mol. The van der Waals surface area contributed by atoms with E-state index in [1.54, 1.807) is 6.92 Å². The summed E-state index contributed by atoms with van der Waals surface area (Å²) in [6.45, 7) is 2.13. The summed E-state index contributed by atoms with van der Waals surface area (Å²) in [7, 11) is 0. The van der Waals surface area contributed by atoms with Crippen molar-refractivity contribution >= 4 is 12.1 Å². The van der Waals surface area contributed by atoms with Gasteiger partial charge in [0, 0.05) is 0 Å². The van der Waals surface area contributed by atoms with Crippen LogP contribution in [0.3, 0.4) is 0 Å². The largest absolute Gasteiger partial charge is 0.494 e. The molecule has 0 heterocycles. The molecule has 0 saturated heterocycles. The van der Waals surface area contributed by atoms with Gasteiger partial charge in [-0.3, -0.25) is 4.79 Å². The van der Waals surface area contributed by atoms with Crippen LogP contribution >= 0.6 is 0 Å². The van der Waals surface area contributed by atoms with E-state index in [1.807, 2.05) is 0 Å². The number of halogens is 7. The molecule has 1 N–H and O–H groups in total. The maximum atomic E-state index is 13.0. The van der Waals surface area contributed by atoms with Crippen LogP contribution in [0.25, 0.3) is 0 Å². The lowest BCUT2D eigenvalue weighted by Gasteiger charge is -2.26. The average Bonchev–Trinajstić information content (AvgIpc) is 2.47. The number of ether oxygens (including phenoxy) is 1. The van der Waals surface area contributed by atoms with Crippen LogP contribution in [0.15, 0.2) is 29.4 Å². The lowest BCUT2D eigenvalue weighted by molar-refractivity contribution is -0.344. The molecule has 0 aromatic heterocycles. The fourth-order valence-corrected chi connectivity index (χ4v) is 1.37. The predicted octanol–water partition coefficient (Wildman–Crippen LogP) is 3.37. The maximum absolute atomic E-state index is 13.0. The summed E-state index contributed by atoms with van der Waals surface area (Å²) < 4.78 is 92.1. The minimum atomic E-state index is -6.59. The van der Waals surface area contributed by atoms with Gasteiger partial charge in [0.15, 0.2) is 0 Å². The quantitative estimate of drug-likeness (QED) is 0.481. The van der Waals surface area contributed by atoms with Crippen molar-refractivity contribution in [3.63, 3.8) is 0 Å². The number of benzene rings is 1. The van der Waals surface area contributed by atoms with E-state index >= 15 is 0 Å². The van der Waals surface area contributed by atoms with Crippen molar-refractivity contribution in [2.75, 3.05) is 6.61 Å². The van der Waals surface area contributed by atoms with Gasteiger partial charge in [0.25, 0.3) is 0 Å². The van der Waals surface area contributed by atoms with E-state index in [-0.39, 0.29) is 5.56 Å². The topological polar surface area (TPSA) is 50.7 Å².